The highest BCUT2D eigenvalue weighted by molar-refractivity contribution is 6.60. The Morgan fingerprint density at radius 2 is 1.47 bits per heavy atom. The second-order valence-electron chi connectivity index (χ2n) is 7.54. The lowest BCUT2D eigenvalue weighted by Crippen LogP contribution is -2.15. The molecule has 0 fully saturated rings. The molecule has 0 atom stereocenters. The molecular formula is C28H22OSi. The van der Waals surface area contributed by atoms with Gasteiger partial charge in [0, 0.05) is 16.7 Å². The van der Waals surface area contributed by atoms with E-state index in [0.717, 1.165) is 22.5 Å². The van der Waals surface area contributed by atoms with Gasteiger partial charge in [-0.15, -0.1) is 0 Å². The lowest BCUT2D eigenvalue weighted by Gasteiger charge is -2.29. The van der Waals surface area contributed by atoms with Crippen LogP contribution in [-0.4, -0.2) is 9.76 Å². The van der Waals surface area contributed by atoms with Gasteiger partial charge in [0.25, 0.3) is 0 Å². The zero-order valence-corrected chi connectivity index (χ0v) is 17.8. The molecule has 0 aliphatic heterocycles. The zero-order valence-electron chi connectivity index (χ0n) is 16.8. The summed E-state index contributed by atoms with van der Waals surface area (Å²) in [6.07, 6.45) is 8.55. The standard InChI is InChI=1S/C20H14OSi.C8H8/c1-3-13-9-7-11-17-19(13)15(4-2)20(17)21-22-18-12-14-8-5-6-10-16(14)18;1-2-4-8-6-5-7(8)3-1/h3-12H,1-2H2;1-4H,5-6H2. The molecule has 3 aliphatic rings. The largest absolute Gasteiger partial charge is 0.535 e. The van der Waals surface area contributed by atoms with E-state index in [-0.39, 0.29) is 0 Å². The van der Waals surface area contributed by atoms with Crippen LogP contribution in [-0.2, 0) is 17.3 Å². The van der Waals surface area contributed by atoms with Crippen LogP contribution in [0.5, 0.6) is 0 Å². The maximum Gasteiger partial charge on any atom is 0.351 e. The Kier molecular flexibility index (Phi) is 4.86. The number of benzene rings is 3. The summed E-state index contributed by atoms with van der Waals surface area (Å²) in [5, 5.41) is 1.28. The van der Waals surface area contributed by atoms with Crippen LogP contribution in [0.2, 0.25) is 0 Å². The third-order valence-corrected chi connectivity index (χ3v) is 6.82. The molecule has 2 radical (unpaired) electrons. The summed E-state index contributed by atoms with van der Waals surface area (Å²) in [4.78, 5) is 0. The van der Waals surface area contributed by atoms with Crippen molar-refractivity contribution in [2.45, 2.75) is 12.8 Å². The molecule has 0 heterocycles. The van der Waals surface area contributed by atoms with Crippen molar-refractivity contribution in [2.75, 3.05) is 0 Å². The number of hydrogen-bond donors (Lipinski definition) is 0. The number of fused-ring (bicyclic) bond motifs is 3. The van der Waals surface area contributed by atoms with Gasteiger partial charge in [-0.25, -0.2) is 0 Å². The Morgan fingerprint density at radius 1 is 0.767 bits per heavy atom. The topological polar surface area (TPSA) is 9.23 Å². The number of hydrogen-bond acceptors (Lipinski definition) is 1. The first-order valence-electron chi connectivity index (χ1n) is 10.2. The van der Waals surface area contributed by atoms with E-state index in [4.69, 9.17) is 4.43 Å². The van der Waals surface area contributed by atoms with Gasteiger partial charge in [0.1, 0.15) is 5.76 Å². The lowest BCUT2D eigenvalue weighted by molar-refractivity contribution is 0.558. The summed E-state index contributed by atoms with van der Waals surface area (Å²) in [5.74, 6) is 0.956. The third-order valence-electron chi connectivity index (χ3n) is 5.88. The summed E-state index contributed by atoms with van der Waals surface area (Å²) in [7, 11) is 0.326. The maximum absolute atomic E-state index is 6.10. The van der Waals surface area contributed by atoms with E-state index in [1.54, 1.807) is 11.1 Å². The smallest absolute Gasteiger partial charge is 0.351 e. The lowest BCUT2D eigenvalue weighted by atomic mass is 9.83. The van der Waals surface area contributed by atoms with Crippen molar-refractivity contribution < 1.29 is 4.43 Å². The van der Waals surface area contributed by atoms with Crippen LogP contribution in [0.4, 0.5) is 0 Å². The van der Waals surface area contributed by atoms with Crippen LogP contribution in [0, 0.1) is 0 Å². The first kappa shape index (κ1) is 18.7. The monoisotopic (exact) mass is 402 g/mol. The Morgan fingerprint density at radius 3 is 2.10 bits per heavy atom. The Balaban J connectivity index is 0.000000200. The minimum atomic E-state index is 0.326. The quantitative estimate of drug-likeness (QED) is 0.435. The molecule has 0 unspecified atom stereocenters. The molecule has 6 rings (SSSR count). The van der Waals surface area contributed by atoms with Crippen LogP contribution in [0.1, 0.15) is 38.9 Å². The first-order chi connectivity index (χ1) is 14.8. The molecule has 0 bridgehead atoms. The molecule has 2 heteroatoms. The van der Waals surface area contributed by atoms with E-state index in [2.05, 4.69) is 79.9 Å². The van der Waals surface area contributed by atoms with E-state index in [9.17, 15) is 0 Å². The van der Waals surface area contributed by atoms with E-state index in [0.29, 0.717) is 9.76 Å². The summed E-state index contributed by atoms with van der Waals surface area (Å²) in [5.41, 5.74) is 10.3. The van der Waals surface area contributed by atoms with Gasteiger partial charge in [-0.1, -0.05) is 98.1 Å². The molecule has 0 saturated heterocycles. The Bertz CT molecular complexity index is 1210. The minimum absolute atomic E-state index is 0.326. The number of aryl methyl sites for hydroxylation is 2. The molecule has 144 valence electrons. The summed E-state index contributed by atoms with van der Waals surface area (Å²) in [6, 6.07) is 23.2. The molecular weight excluding hydrogens is 380 g/mol. The van der Waals surface area contributed by atoms with E-state index in [1.807, 2.05) is 18.2 Å². The molecule has 30 heavy (non-hydrogen) atoms. The fraction of sp³-hybridized carbons (Fsp3) is 0.0714. The third kappa shape index (κ3) is 3.10. The van der Waals surface area contributed by atoms with Gasteiger partial charge in [-0.3, -0.25) is 0 Å². The van der Waals surface area contributed by atoms with Crippen molar-refractivity contribution in [1.29, 1.82) is 0 Å². The van der Waals surface area contributed by atoms with E-state index >= 15 is 0 Å². The van der Waals surface area contributed by atoms with Gasteiger partial charge >= 0.3 is 9.76 Å². The molecule has 1 nitrogen and oxygen atoms in total. The van der Waals surface area contributed by atoms with Crippen molar-refractivity contribution in [1.82, 2.24) is 0 Å². The molecule has 0 spiro atoms. The average Bonchev–Trinajstić information content (AvgIpc) is 2.73. The Labute approximate surface area is 180 Å². The van der Waals surface area contributed by atoms with Crippen LogP contribution >= 0.6 is 0 Å². The van der Waals surface area contributed by atoms with Gasteiger partial charge in [-0.2, -0.15) is 0 Å². The highest BCUT2D eigenvalue weighted by atomic mass is 28.2. The van der Waals surface area contributed by atoms with E-state index < -0.39 is 0 Å². The highest BCUT2D eigenvalue weighted by Gasteiger charge is 2.28. The average molecular weight is 403 g/mol. The van der Waals surface area contributed by atoms with Crippen molar-refractivity contribution in [3.8, 4) is 0 Å². The van der Waals surface area contributed by atoms with Gasteiger partial charge in [0.15, 0.2) is 0 Å². The number of rotatable bonds is 5. The predicted molar refractivity (Wildman–Crippen MR) is 129 cm³/mol. The maximum atomic E-state index is 6.10. The van der Waals surface area contributed by atoms with Gasteiger partial charge in [-0.05, 0) is 45.9 Å². The molecule has 0 amide bonds. The fourth-order valence-corrected chi connectivity index (χ4v) is 5.07. The van der Waals surface area contributed by atoms with Crippen molar-refractivity contribution >= 4 is 38.4 Å². The molecule has 3 aliphatic carbocycles. The summed E-state index contributed by atoms with van der Waals surface area (Å²) in [6.45, 7) is 7.80. The van der Waals surface area contributed by atoms with Crippen molar-refractivity contribution in [3.63, 3.8) is 0 Å². The number of allylic oxidation sites excluding steroid dienone is 2. The Hall–Kier alpha value is -3.36. The predicted octanol–water partition coefficient (Wildman–Crippen LogP) is 6.63. The van der Waals surface area contributed by atoms with Gasteiger partial charge in [0.05, 0.1) is 0 Å². The fourth-order valence-electron chi connectivity index (χ4n) is 4.08. The molecule has 3 aromatic carbocycles. The highest BCUT2D eigenvalue weighted by Crippen LogP contribution is 2.44. The minimum Gasteiger partial charge on any atom is -0.535 e. The van der Waals surface area contributed by atoms with Gasteiger partial charge in [0.2, 0.25) is 0 Å². The summed E-state index contributed by atoms with van der Waals surface area (Å²) < 4.78 is 6.10. The molecule has 3 aromatic rings. The zero-order chi connectivity index (χ0) is 20.5. The van der Waals surface area contributed by atoms with Crippen LogP contribution in [0.3, 0.4) is 0 Å². The van der Waals surface area contributed by atoms with E-state index in [1.165, 1.54) is 34.7 Å². The second-order valence-corrected chi connectivity index (χ2v) is 8.49. The van der Waals surface area contributed by atoms with Crippen LogP contribution in [0.15, 0.2) is 86.0 Å². The van der Waals surface area contributed by atoms with Crippen LogP contribution < -0.4 is 0 Å². The van der Waals surface area contributed by atoms with Crippen LogP contribution in [0.25, 0.3) is 28.7 Å². The molecule has 0 N–H and O–H groups in total. The second kappa shape index (κ2) is 7.81. The molecule has 0 saturated carbocycles. The first-order valence-corrected chi connectivity index (χ1v) is 11.1. The summed E-state index contributed by atoms with van der Waals surface area (Å²) >= 11 is 0. The van der Waals surface area contributed by atoms with Gasteiger partial charge < -0.3 is 4.43 Å². The van der Waals surface area contributed by atoms with Crippen molar-refractivity contribution in [2.24, 2.45) is 0 Å². The SMILES string of the molecule is C=CC1=C(O[Si]C2=Cc3ccccc32)c2cccc(C=C)c21.c1ccc2c(c1)CC2. The van der Waals surface area contributed by atoms with Crippen molar-refractivity contribution in [3.05, 3.63) is 125 Å². The normalized spacial score (nSPS) is 14.2. The molecule has 0 aromatic heterocycles.